The van der Waals surface area contributed by atoms with Gasteiger partial charge >= 0.3 is 0 Å². The van der Waals surface area contributed by atoms with Gasteiger partial charge in [-0.05, 0) is 56.3 Å². The molecule has 1 aliphatic rings. The Hall–Kier alpha value is -3.43. The molecule has 1 fully saturated rings. The molecule has 2 aromatic carbocycles. The summed E-state index contributed by atoms with van der Waals surface area (Å²) in [6, 6.07) is 11.2. The maximum Gasteiger partial charge on any atom is 0.269 e. The van der Waals surface area contributed by atoms with Crippen LogP contribution in [0.2, 0.25) is 5.02 Å². The lowest BCUT2D eigenvalue weighted by molar-refractivity contribution is -0.384. The number of nitro groups is 1. The summed E-state index contributed by atoms with van der Waals surface area (Å²) in [4.78, 5) is 23.7. The fourth-order valence-electron chi connectivity index (χ4n) is 3.88. The van der Waals surface area contributed by atoms with E-state index in [9.17, 15) is 14.9 Å². The molecule has 4 rings (SSSR count). The Morgan fingerprint density at radius 3 is 2.59 bits per heavy atom. The molecule has 10 heteroatoms. The van der Waals surface area contributed by atoms with Gasteiger partial charge in [0.15, 0.2) is 0 Å². The van der Waals surface area contributed by atoms with E-state index in [-0.39, 0.29) is 17.5 Å². The third-order valence-corrected chi connectivity index (χ3v) is 5.79. The van der Waals surface area contributed by atoms with Gasteiger partial charge in [-0.15, -0.1) is 0 Å². The molecule has 1 amide bonds. The highest BCUT2D eigenvalue weighted by Crippen LogP contribution is 2.32. The summed E-state index contributed by atoms with van der Waals surface area (Å²) in [6.07, 6.45) is 3.25. The van der Waals surface area contributed by atoms with Gasteiger partial charge in [0.05, 0.1) is 40.2 Å². The van der Waals surface area contributed by atoms with Gasteiger partial charge in [-0.3, -0.25) is 14.9 Å². The van der Waals surface area contributed by atoms with Crippen LogP contribution >= 0.6 is 11.6 Å². The number of carbonyl (C=O) groups excluding carboxylic acids is 1. The highest BCUT2D eigenvalue weighted by Gasteiger charge is 2.27. The number of methoxy groups -OCH3 is 1. The Balaban J connectivity index is 1.69. The second-order valence-corrected chi connectivity index (χ2v) is 7.86. The number of anilines is 1. The van der Waals surface area contributed by atoms with Crippen LogP contribution in [0.15, 0.2) is 48.7 Å². The van der Waals surface area contributed by atoms with Crippen molar-refractivity contribution in [3.63, 3.8) is 0 Å². The van der Waals surface area contributed by atoms with Crippen LogP contribution in [0.3, 0.4) is 0 Å². The number of rotatable bonds is 6. The fourth-order valence-corrected chi connectivity index (χ4v) is 4.14. The van der Waals surface area contributed by atoms with Crippen LogP contribution in [0, 0.1) is 10.1 Å². The van der Waals surface area contributed by atoms with Gasteiger partial charge in [0.25, 0.3) is 11.6 Å². The van der Waals surface area contributed by atoms with E-state index < -0.39 is 4.92 Å². The Morgan fingerprint density at radius 2 is 1.97 bits per heavy atom. The van der Waals surface area contributed by atoms with Crippen LogP contribution in [-0.4, -0.2) is 40.8 Å². The molecule has 0 saturated carbocycles. The third kappa shape index (κ3) is 4.44. The molecule has 1 aromatic heterocycles. The Labute approximate surface area is 189 Å². The molecule has 0 spiro atoms. The summed E-state index contributed by atoms with van der Waals surface area (Å²) in [5, 5.41) is 22.1. The third-order valence-electron chi connectivity index (χ3n) is 5.49. The maximum atomic E-state index is 13.2. The number of halogens is 1. The van der Waals surface area contributed by atoms with Gasteiger partial charge in [-0.2, -0.15) is 5.10 Å². The summed E-state index contributed by atoms with van der Waals surface area (Å²) in [5.74, 6) is 0.341. The molecular formula is C22H22ClN5O4. The van der Waals surface area contributed by atoms with Crippen molar-refractivity contribution >= 4 is 28.9 Å². The maximum absolute atomic E-state index is 13.2. The number of ether oxygens (including phenoxy) is 1. The van der Waals surface area contributed by atoms with Gasteiger partial charge < -0.3 is 15.4 Å². The van der Waals surface area contributed by atoms with E-state index in [1.54, 1.807) is 41.2 Å². The Kier molecular flexibility index (Phi) is 6.38. The number of nitrogens with one attached hydrogen (secondary N) is 2. The van der Waals surface area contributed by atoms with Crippen molar-refractivity contribution in [2.75, 3.05) is 25.5 Å². The first-order chi connectivity index (χ1) is 15.5. The molecule has 2 heterocycles. The summed E-state index contributed by atoms with van der Waals surface area (Å²) in [5.41, 5.74) is 2.45. The lowest BCUT2D eigenvalue weighted by Gasteiger charge is -2.24. The van der Waals surface area contributed by atoms with Crippen LogP contribution in [-0.2, 0) is 0 Å². The number of amides is 1. The average molecular weight is 456 g/mol. The van der Waals surface area contributed by atoms with Crippen LogP contribution in [0.25, 0.3) is 5.69 Å². The van der Waals surface area contributed by atoms with E-state index in [0.29, 0.717) is 27.7 Å². The second-order valence-electron chi connectivity index (χ2n) is 7.46. The number of hydrogen-bond donors (Lipinski definition) is 2. The van der Waals surface area contributed by atoms with Crippen molar-refractivity contribution in [1.29, 1.82) is 0 Å². The van der Waals surface area contributed by atoms with Gasteiger partial charge in [-0.25, -0.2) is 4.68 Å². The molecule has 0 bridgehead atoms. The molecule has 166 valence electrons. The topological polar surface area (TPSA) is 111 Å². The second kappa shape index (κ2) is 9.37. The summed E-state index contributed by atoms with van der Waals surface area (Å²) >= 11 is 6.18. The van der Waals surface area contributed by atoms with Crippen molar-refractivity contribution in [2.45, 2.75) is 18.8 Å². The summed E-state index contributed by atoms with van der Waals surface area (Å²) < 4.78 is 6.86. The van der Waals surface area contributed by atoms with Gasteiger partial charge in [0.1, 0.15) is 5.75 Å². The molecule has 2 N–H and O–H groups in total. The first-order valence-corrected chi connectivity index (χ1v) is 10.5. The molecular weight excluding hydrogens is 434 g/mol. The van der Waals surface area contributed by atoms with E-state index >= 15 is 0 Å². The lowest BCUT2D eigenvalue weighted by Crippen LogP contribution is -2.29. The van der Waals surface area contributed by atoms with Crippen molar-refractivity contribution in [3.8, 4) is 11.4 Å². The number of non-ortho nitro benzene ring substituents is 1. The summed E-state index contributed by atoms with van der Waals surface area (Å²) in [7, 11) is 1.53. The number of nitro benzene ring substituents is 1. The number of aromatic nitrogens is 2. The zero-order valence-corrected chi connectivity index (χ0v) is 18.1. The Bertz CT molecular complexity index is 1140. The van der Waals surface area contributed by atoms with E-state index in [0.717, 1.165) is 31.6 Å². The highest BCUT2D eigenvalue weighted by atomic mass is 35.5. The minimum Gasteiger partial charge on any atom is -0.495 e. The molecule has 32 heavy (non-hydrogen) atoms. The fraction of sp³-hybridized carbons (Fsp3) is 0.273. The van der Waals surface area contributed by atoms with E-state index in [1.165, 1.54) is 19.2 Å². The first kappa shape index (κ1) is 21.8. The normalized spacial score (nSPS) is 14.2. The lowest BCUT2D eigenvalue weighted by atomic mass is 9.91. The molecule has 1 saturated heterocycles. The predicted octanol–water partition coefficient (Wildman–Crippen LogP) is 4.16. The number of carbonyl (C=O) groups is 1. The zero-order chi connectivity index (χ0) is 22.7. The minimum atomic E-state index is -0.445. The van der Waals surface area contributed by atoms with Crippen molar-refractivity contribution < 1.29 is 14.5 Å². The summed E-state index contributed by atoms with van der Waals surface area (Å²) in [6.45, 7) is 1.68. The van der Waals surface area contributed by atoms with Gasteiger partial charge in [0.2, 0.25) is 0 Å². The highest BCUT2D eigenvalue weighted by molar-refractivity contribution is 6.32. The molecule has 0 unspecified atom stereocenters. The standard InChI is InChI=1S/C22H22ClN5O4/c1-32-20-7-2-15(12-19(20)23)26-22(29)18-13-25-27(21(18)14-8-10-24-11-9-14)16-3-5-17(6-4-16)28(30)31/h2-7,12-14,24H,8-11H2,1H3,(H,26,29). The van der Waals surface area contributed by atoms with Crippen molar-refractivity contribution in [2.24, 2.45) is 0 Å². The van der Waals surface area contributed by atoms with Crippen molar-refractivity contribution in [3.05, 3.63) is 75.1 Å². The van der Waals surface area contributed by atoms with E-state index in [1.807, 2.05) is 0 Å². The Morgan fingerprint density at radius 1 is 1.25 bits per heavy atom. The molecule has 1 aliphatic heterocycles. The largest absolute Gasteiger partial charge is 0.495 e. The molecule has 0 radical (unpaired) electrons. The van der Waals surface area contributed by atoms with Crippen molar-refractivity contribution in [1.82, 2.24) is 15.1 Å². The van der Waals surface area contributed by atoms with E-state index in [2.05, 4.69) is 15.7 Å². The number of nitrogens with zero attached hydrogens (tertiary/aromatic N) is 3. The van der Waals surface area contributed by atoms with Crippen LogP contribution < -0.4 is 15.4 Å². The minimum absolute atomic E-state index is 0.00123. The number of hydrogen-bond acceptors (Lipinski definition) is 6. The van der Waals surface area contributed by atoms with Crippen LogP contribution in [0.1, 0.15) is 34.8 Å². The molecule has 0 aliphatic carbocycles. The quantitative estimate of drug-likeness (QED) is 0.426. The average Bonchev–Trinajstić information content (AvgIpc) is 3.25. The molecule has 0 atom stereocenters. The smallest absolute Gasteiger partial charge is 0.269 e. The first-order valence-electron chi connectivity index (χ1n) is 10.2. The van der Waals surface area contributed by atoms with E-state index in [4.69, 9.17) is 16.3 Å². The van der Waals surface area contributed by atoms with Crippen LogP contribution in [0.4, 0.5) is 11.4 Å². The molecule has 3 aromatic rings. The number of benzene rings is 2. The van der Waals surface area contributed by atoms with Gasteiger partial charge in [0, 0.05) is 23.7 Å². The zero-order valence-electron chi connectivity index (χ0n) is 17.4. The predicted molar refractivity (Wildman–Crippen MR) is 121 cm³/mol. The van der Waals surface area contributed by atoms with Crippen LogP contribution in [0.5, 0.6) is 5.75 Å². The number of piperidine rings is 1. The SMILES string of the molecule is COc1ccc(NC(=O)c2cnn(-c3ccc([N+](=O)[O-])cc3)c2C2CCNCC2)cc1Cl. The molecule has 9 nitrogen and oxygen atoms in total. The van der Waals surface area contributed by atoms with Gasteiger partial charge in [-0.1, -0.05) is 11.6 Å². The monoisotopic (exact) mass is 455 g/mol.